The molecule has 4 heteroatoms. The van der Waals surface area contributed by atoms with E-state index in [1.54, 1.807) is 0 Å². The van der Waals surface area contributed by atoms with Crippen LogP contribution < -0.4 is 0 Å². The number of hydrogen-bond donors (Lipinski definition) is 0. The summed E-state index contributed by atoms with van der Waals surface area (Å²) >= 11 is 0. The second kappa shape index (κ2) is 15.2. The van der Waals surface area contributed by atoms with Gasteiger partial charge in [0.2, 0.25) is 0 Å². The molecule has 1 aromatic heterocycles. The zero-order valence-corrected chi connectivity index (χ0v) is 35.3. The molecule has 2 bridgehead atoms. The SMILES string of the molecule is C[C@@H]1C[C@@H]2C[C@H](C)CC(c3ccc(-c4nc(-c5ccc(-c6ccccc6)cc5)nc(-c5ccc6c(c5)C(c5ccccc5)(c5ccccc5)c5ccc(C#N)cc5-6)n4)cc3)(C1)C2. The number of rotatable bonds is 7. The van der Waals surface area contributed by atoms with Gasteiger partial charge in [0.15, 0.2) is 17.5 Å². The fourth-order valence-corrected chi connectivity index (χ4v) is 11.9. The summed E-state index contributed by atoms with van der Waals surface area (Å²) in [4.78, 5) is 15.8. The summed E-state index contributed by atoms with van der Waals surface area (Å²) in [5, 5.41) is 10.1. The Labute approximate surface area is 365 Å². The molecule has 11 rings (SSSR count). The molecule has 2 saturated carbocycles. The largest absolute Gasteiger partial charge is 0.208 e. The molecule has 300 valence electrons. The predicted octanol–water partition coefficient (Wildman–Crippen LogP) is 13.9. The molecule has 2 fully saturated rings. The third kappa shape index (κ3) is 6.38. The first-order chi connectivity index (χ1) is 30.4. The van der Waals surface area contributed by atoms with Gasteiger partial charge in [-0.2, -0.15) is 5.26 Å². The second-order valence-electron chi connectivity index (χ2n) is 18.4. The van der Waals surface area contributed by atoms with Crippen molar-refractivity contribution in [2.45, 2.75) is 56.8 Å². The van der Waals surface area contributed by atoms with E-state index in [0.29, 0.717) is 23.0 Å². The standard InChI is InChI=1S/C58H48N4/c1-38-30-41-31-39(2)35-57(34-38,36-41)47-26-23-45(24-27-47)55-60-54(44-21-19-43(20-22-44)42-12-6-3-7-13-42)61-56(62-55)46-25-28-50-51-32-40(37-59)18-29-52(51)58(53(50)33-46,48-14-8-4-9-15-48)49-16-10-5-11-17-49/h3-29,32-33,38-39,41H,30-31,34-36H2,1-2H3/t38-,39+,41-,57?. The van der Waals surface area contributed by atoms with Gasteiger partial charge in [-0.15, -0.1) is 0 Å². The minimum atomic E-state index is -0.634. The Kier molecular flexibility index (Phi) is 9.31. The van der Waals surface area contributed by atoms with E-state index in [1.165, 1.54) is 43.2 Å². The van der Waals surface area contributed by atoms with E-state index in [1.807, 2.05) is 18.2 Å². The van der Waals surface area contributed by atoms with Gasteiger partial charge in [-0.05, 0) is 124 Å². The van der Waals surface area contributed by atoms with Gasteiger partial charge in [-0.3, -0.25) is 0 Å². The average molecular weight is 801 g/mol. The topological polar surface area (TPSA) is 62.5 Å². The van der Waals surface area contributed by atoms with Crippen LogP contribution in [0.4, 0.5) is 0 Å². The fraction of sp³-hybridized carbons (Fsp3) is 0.207. The van der Waals surface area contributed by atoms with Gasteiger partial charge in [0, 0.05) is 16.7 Å². The third-order valence-electron chi connectivity index (χ3n) is 14.2. The van der Waals surface area contributed by atoms with E-state index in [0.717, 1.165) is 73.4 Å². The van der Waals surface area contributed by atoms with Gasteiger partial charge in [0.25, 0.3) is 0 Å². The first-order valence-electron chi connectivity index (χ1n) is 22.2. The van der Waals surface area contributed by atoms with E-state index in [2.05, 4.69) is 178 Å². The van der Waals surface area contributed by atoms with Crippen molar-refractivity contribution >= 4 is 0 Å². The van der Waals surface area contributed by atoms with Crippen LogP contribution >= 0.6 is 0 Å². The van der Waals surface area contributed by atoms with Crippen molar-refractivity contribution in [1.82, 2.24) is 15.0 Å². The zero-order valence-electron chi connectivity index (χ0n) is 35.3. The Hall–Kier alpha value is -6.96. The monoisotopic (exact) mass is 800 g/mol. The molecule has 0 N–H and O–H groups in total. The van der Waals surface area contributed by atoms with E-state index in [9.17, 15) is 5.26 Å². The van der Waals surface area contributed by atoms with Crippen LogP contribution in [0.1, 0.15) is 79.3 Å². The highest BCUT2D eigenvalue weighted by Gasteiger charge is 2.47. The summed E-state index contributed by atoms with van der Waals surface area (Å²) in [7, 11) is 0. The summed E-state index contributed by atoms with van der Waals surface area (Å²) in [6.07, 6.45) is 6.55. The molecule has 1 heterocycles. The van der Waals surface area contributed by atoms with Crippen molar-refractivity contribution in [1.29, 1.82) is 5.26 Å². The van der Waals surface area contributed by atoms with E-state index >= 15 is 0 Å². The maximum Gasteiger partial charge on any atom is 0.164 e. The number of benzene rings is 7. The minimum absolute atomic E-state index is 0.244. The Morgan fingerprint density at radius 2 is 0.952 bits per heavy atom. The predicted molar refractivity (Wildman–Crippen MR) is 250 cm³/mol. The van der Waals surface area contributed by atoms with Gasteiger partial charge in [-0.1, -0.05) is 172 Å². The van der Waals surface area contributed by atoms with Gasteiger partial charge >= 0.3 is 0 Å². The van der Waals surface area contributed by atoms with E-state index in [4.69, 9.17) is 15.0 Å². The van der Waals surface area contributed by atoms with Crippen LogP contribution in [0.2, 0.25) is 0 Å². The summed E-state index contributed by atoms with van der Waals surface area (Å²) < 4.78 is 0. The summed E-state index contributed by atoms with van der Waals surface area (Å²) in [6, 6.07) is 64.9. The Bertz CT molecular complexity index is 2910. The van der Waals surface area contributed by atoms with Crippen molar-refractivity contribution in [3.05, 3.63) is 209 Å². The lowest BCUT2D eigenvalue weighted by atomic mass is 9.54. The Balaban J connectivity index is 1.08. The summed E-state index contributed by atoms with van der Waals surface area (Å²) in [5.74, 6) is 4.24. The second-order valence-corrected chi connectivity index (χ2v) is 18.4. The van der Waals surface area contributed by atoms with Crippen LogP contribution in [0.3, 0.4) is 0 Å². The van der Waals surface area contributed by atoms with Crippen LogP contribution in [-0.4, -0.2) is 15.0 Å². The third-order valence-corrected chi connectivity index (χ3v) is 14.2. The van der Waals surface area contributed by atoms with Crippen LogP contribution in [0.5, 0.6) is 0 Å². The van der Waals surface area contributed by atoms with Crippen LogP contribution in [0.15, 0.2) is 176 Å². The van der Waals surface area contributed by atoms with Gasteiger partial charge < -0.3 is 0 Å². The molecule has 1 unspecified atom stereocenters. The normalized spacial score (nSPS) is 20.8. The highest BCUT2D eigenvalue weighted by Crippen LogP contribution is 2.57. The molecule has 4 nitrogen and oxygen atoms in total. The van der Waals surface area contributed by atoms with Crippen molar-refractivity contribution in [2.24, 2.45) is 17.8 Å². The Morgan fingerprint density at radius 3 is 1.53 bits per heavy atom. The molecule has 0 saturated heterocycles. The highest BCUT2D eigenvalue weighted by atomic mass is 15.0. The molecule has 0 spiro atoms. The molecular weight excluding hydrogens is 753 g/mol. The maximum absolute atomic E-state index is 10.1. The number of fused-ring (bicyclic) bond motifs is 5. The first kappa shape index (κ1) is 38.0. The maximum atomic E-state index is 10.1. The van der Waals surface area contributed by atoms with Crippen LogP contribution in [0, 0.1) is 29.1 Å². The van der Waals surface area contributed by atoms with Crippen LogP contribution in [-0.2, 0) is 10.8 Å². The molecule has 0 radical (unpaired) electrons. The summed E-state index contributed by atoms with van der Waals surface area (Å²) in [6.45, 7) is 4.91. The zero-order chi connectivity index (χ0) is 41.8. The smallest absolute Gasteiger partial charge is 0.164 e. The first-order valence-corrected chi connectivity index (χ1v) is 22.2. The Morgan fingerprint density at radius 1 is 0.452 bits per heavy atom. The molecule has 3 aliphatic carbocycles. The average Bonchev–Trinajstić information content (AvgIpc) is 3.61. The molecule has 3 aliphatic rings. The minimum Gasteiger partial charge on any atom is -0.208 e. The molecule has 0 aliphatic heterocycles. The lowest BCUT2D eigenvalue weighted by molar-refractivity contribution is 0.0780. The van der Waals surface area contributed by atoms with E-state index in [-0.39, 0.29) is 5.41 Å². The molecule has 0 amide bonds. The molecule has 7 aromatic carbocycles. The van der Waals surface area contributed by atoms with Crippen molar-refractivity contribution in [3.63, 3.8) is 0 Å². The number of nitriles is 1. The molecular formula is C58H48N4. The molecule has 4 atom stereocenters. The summed E-state index contributed by atoms with van der Waals surface area (Å²) in [5.41, 5.74) is 13.6. The van der Waals surface area contributed by atoms with Gasteiger partial charge in [0.05, 0.1) is 17.0 Å². The van der Waals surface area contributed by atoms with Crippen molar-refractivity contribution < 1.29 is 0 Å². The highest BCUT2D eigenvalue weighted by molar-refractivity contribution is 5.88. The lowest BCUT2D eigenvalue weighted by Crippen LogP contribution is -2.42. The lowest BCUT2D eigenvalue weighted by Gasteiger charge is -2.50. The number of aromatic nitrogens is 3. The quantitative estimate of drug-likeness (QED) is 0.161. The molecule has 62 heavy (non-hydrogen) atoms. The van der Waals surface area contributed by atoms with Gasteiger partial charge in [-0.25, -0.2) is 15.0 Å². The van der Waals surface area contributed by atoms with Crippen LogP contribution in [0.25, 0.3) is 56.4 Å². The number of hydrogen-bond acceptors (Lipinski definition) is 4. The van der Waals surface area contributed by atoms with Crippen molar-refractivity contribution in [3.8, 4) is 62.5 Å². The van der Waals surface area contributed by atoms with Crippen molar-refractivity contribution in [2.75, 3.05) is 0 Å². The fourth-order valence-electron chi connectivity index (χ4n) is 11.9. The number of nitrogens with zero attached hydrogens (tertiary/aromatic N) is 4. The van der Waals surface area contributed by atoms with Gasteiger partial charge in [0.1, 0.15) is 0 Å². The molecule has 8 aromatic rings. The van der Waals surface area contributed by atoms with E-state index < -0.39 is 5.41 Å².